The maximum atomic E-state index is 11.8. The Morgan fingerprint density at radius 2 is 2.06 bits per heavy atom. The molecule has 2 amide bonds. The number of amides is 2. The highest BCUT2D eigenvalue weighted by Gasteiger charge is 2.10. The SMILES string of the molecule is CCN(CCO)C(=O)Nc1ccc(C(C)N)cc1. The second kappa shape index (κ2) is 6.98. The molecule has 1 unspecified atom stereocenters. The highest BCUT2D eigenvalue weighted by molar-refractivity contribution is 5.89. The Hall–Kier alpha value is -1.59. The van der Waals surface area contributed by atoms with E-state index in [0.29, 0.717) is 13.1 Å². The molecule has 0 spiro atoms. The van der Waals surface area contributed by atoms with Crippen molar-refractivity contribution < 1.29 is 9.90 Å². The number of likely N-dealkylation sites (N-methyl/N-ethyl adjacent to an activating group) is 1. The van der Waals surface area contributed by atoms with E-state index in [4.69, 9.17) is 10.8 Å². The molecule has 1 rings (SSSR count). The molecule has 0 saturated carbocycles. The van der Waals surface area contributed by atoms with Crippen LogP contribution in [0.2, 0.25) is 0 Å². The third-order valence-electron chi connectivity index (χ3n) is 2.73. The molecule has 0 aromatic heterocycles. The van der Waals surface area contributed by atoms with E-state index < -0.39 is 0 Å². The van der Waals surface area contributed by atoms with Crippen molar-refractivity contribution in [1.82, 2.24) is 4.90 Å². The molecule has 0 heterocycles. The normalized spacial score (nSPS) is 12.0. The van der Waals surface area contributed by atoms with Gasteiger partial charge in [0.2, 0.25) is 0 Å². The summed E-state index contributed by atoms with van der Waals surface area (Å²) in [4.78, 5) is 13.4. The molecule has 0 fully saturated rings. The van der Waals surface area contributed by atoms with E-state index in [1.165, 1.54) is 0 Å². The van der Waals surface area contributed by atoms with Crippen LogP contribution in [0.4, 0.5) is 10.5 Å². The quantitative estimate of drug-likeness (QED) is 0.743. The van der Waals surface area contributed by atoms with Gasteiger partial charge >= 0.3 is 6.03 Å². The highest BCUT2D eigenvalue weighted by Crippen LogP contribution is 2.14. The van der Waals surface area contributed by atoms with Gasteiger partial charge in [-0.1, -0.05) is 12.1 Å². The number of anilines is 1. The molecule has 1 atom stereocenters. The summed E-state index contributed by atoms with van der Waals surface area (Å²) in [6, 6.07) is 7.20. The Morgan fingerprint density at radius 1 is 1.44 bits per heavy atom. The molecule has 0 aliphatic carbocycles. The smallest absolute Gasteiger partial charge is 0.321 e. The number of rotatable bonds is 5. The number of nitrogens with zero attached hydrogens (tertiary/aromatic N) is 1. The van der Waals surface area contributed by atoms with E-state index in [2.05, 4.69) is 5.32 Å². The van der Waals surface area contributed by atoms with Crippen molar-refractivity contribution in [3.05, 3.63) is 29.8 Å². The summed E-state index contributed by atoms with van der Waals surface area (Å²) >= 11 is 0. The van der Waals surface area contributed by atoms with Crippen LogP contribution in [0.25, 0.3) is 0 Å². The second-order valence-electron chi connectivity index (χ2n) is 4.14. The van der Waals surface area contributed by atoms with E-state index in [-0.39, 0.29) is 18.7 Å². The van der Waals surface area contributed by atoms with Gasteiger partial charge in [-0.05, 0) is 31.5 Å². The molecule has 100 valence electrons. The summed E-state index contributed by atoms with van der Waals surface area (Å²) < 4.78 is 0. The number of carbonyl (C=O) groups excluding carboxylic acids is 1. The van der Waals surface area contributed by atoms with Gasteiger partial charge in [0.15, 0.2) is 0 Å². The lowest BCUT2D eigenvalue weighted by atomic mass is 10.1. The number of benzene rings is 1. The number of nitrogens with two attached hydrogens (primary N) is 1. The monoisotopic (exact) mass is 251 g/mol. The second-order valence-corrected chi connectivity index (χ2v) is 4.14. The first-order chi connectivity index (χ1) is 8.58. The van der Waals surface area contributed by atoms with Crippen LogP contribution in [0.5, 0.6) is 0 Å². The summed E-state index contributed by atoms with van der Waals surface area (Å²) in [7, 11) is 0. The van der Waals surface area contributed by atoms with Crippen LogP contribution in [0, 0.1) is 0 Å². The zero-order valence-corrected chi connectivity index (χ0v) is 10.9. The number of carbonyl (C=O) groups is 1. The van der Waals surface area contributed by atoms with Gasteiger partial charge in [-0.15, -0.1) is 0 Å². The van der Waals surface area contributed by atoms with Crippen molar-refractivity contribution in [2.45, 2.75) is 19.9 Å². The van der Waals surface area contributed by atoms with Crippen LogP contribution in [-0.2, 0) is 0 Å². The van der Waals surface area contributed by atoms with Gasteiger partial charge in [0.25, 0.3) is 0 Å². The molecule has 5 nitrogen and oxygen atoms in total. The number of nitrogens with one attached hydrogen (secondary N) is 1. The third-order valence-corrected chi connectivity index (χ3v) is 2.73. The average Bonchev–Trinajstić information content (AvgIpc) is 2.36. The van der Waals surface area contributed by atoms with Gasteiger partial charge in [-0.25, -0.2) is 4.79 Å². The summed E-state index contributed by atoms with van der Waals surface area (Å²) in [5, 5.41) is 11.6. The maximum Gasteiger partial charge on any atom is 0.321 e. The standard InChI is InChI=1S/C13H21N3O2/c1-3-16(8-9-17)13(18)15-12-6-4-11(5-7-12)10(2)14/h4-7,10,17H,3,8-9,14H2,1-2H3,(H,15,18). The Bertz CT molecular complexity index is 376. The minimum absolute atomic E-state index is 0.0173. The maximum absolute atomic E-state index is 11.8. The lowest BCUT2D eigenvalue weighted by Crippen LogP contribution is -2.36. The van der Waals surface area contributed by atoms with Gasteiger partial charge < -0.3 is 21.1 Å². The van der Waals surface area contributed by atoms with Crippen molar-refractivity contribution in [2.24, 2.45) is 5.73 Å². The van der Waals surface area contributed by atoms with Crippen LogP contribution < -0.4 is 11.1 Å². The van der Waals surface area contributed by atoms with Gasteiger partial charge in [-0.2, -0.15) is 0 Å². The predicted molar refractivity (Wildman–Crippen MR) is 72.4 cm³/mol. The third kappa shape index (κ3) is 4.01. The Morgan fingerprint density at radius 3 is 2.50 bits per heavy atom. The molecule has 0 bridgehead atoms. The highest BCUT2D eigenvalue weighted by atomic mass is 16.3. The summed E-state index contributed by atoms with van der Waals surface area (Å²) in [6.07, 6.45) is 0. The first-order valence-corrected chi connectivity index (χ1v) is 6.10. The van der Waals surface area contributed by atoms with Crippen molar-refractivity contribution in [3.63, 3.8) is 0 Å². The number of hydrogen-bond acceptors (Lipinski definition) is 3. The van der Waals surface area contributed by atoms with E-state index in [9.17, 15) is 4.79 Å². The van der Waals surface area contributed by atoms with Crippen molar-refractivity contribution in [1.29, 1.82) is 0 Å². The molecule has 0 aliphatic rings. The number of aliphatic hydroxyl groups excluding tert-OH is 1. The zero-order valence-electron chi connectivity index (χ0n) is 10.9. The molecule has 18 heavy (non-hydrogen) atoms. The van der Waals surface area contributed by atoms with Crippen molar-refractivity contribution in [2.75, 3.05) is 25.0 Å². The fourth-order valence-corrected chi connectivity index (χ4v) is 1.60. The predicted octanol–water partition coefficient (Wildman–Crippen LogP) is 1.55. The number of aliphatic hydroxyl groups is 1. The molecular weight excluding hydrogens is 230 g/mol. The lowest BCUT2D eigenvalue weighted by Gasteiger charge is -2.20. The fourth-order valence-electron chi connectivity index (χ4n) is 1.60. The van der Waals surface area contributed by atoms with Gasteiger partial charge in [0, 0.05) is 24.8 Å². The summed E-state index contributed by atoms with van der Waals surface area (Å²) in [6.45, 7) is 4.64. The van der Waals surface area contributed by atoms with Gasteiger partial charge in [0.1, 0.15) is 0 Å². The Balaban J connectivity index is 2.63. The molecular formula is C13H21N3O2. The molecule has 4 N–H and O–H groups in total. The van der Waals surface area contributed by atoms with E-state index in [1.54, 1.807) is 4.90 Å². The van der Waals surface area contributed by atoms with Crippen LogP contribution >= 0.6 is 0 Å². The van der Waals surface area contributed by atoms with Crippen molar-refractivity contribution in [3.8, 4) is 0 Å². The van der Waals surface area contributed by atoms with Gasteiger partial charge in [0.05, 0.1) is 6.61 Å². The molecule has 1 aromatic rings. The first-order valence-electron chi connectivity index (χ1n) is 6.10. The average molecular weight is 251 g/mol. The van der Waals surface area contributed by atoms with E-state index in [0.717, 1.165) is 11.3 Å². The molecule has 0 aliphatic heterocycles. The zero-order chi connectivity index (χ0) is 13.5. The number of hydrogen-bond donors (Lipinski definition) is 3. The summed E-state index contributed by atoms with van der Waals surface area (Å²) in [5.74, 6) is 0. The van der Waals surface area contributed by atoms with Gasteiger partial charge in [-0.3, -0.25) is 0 Å². The minimum Gasteiger partial charge on any atom is -0.395 e. The topological polar surface area (TPSA) is 78.6 Å². The summed E-state index contributed by atoms with van der Waals surface area (Å²) in [5.41, 5.74) is 7.50. The Labute approximate surface area is 108 Å². The molecule has 0 saturated heterocycles. The largest absolute Gasteiger partial charge is 0.395 e. The minimum atomic E-state index is -0.208. The lowest BCUT2D eigenvalue weighted by molar-refractivity contribution is 0.192. The van der Waals surface area contributed by atoms with Crippen LogP contribution in [0.15, 0.2) is 24.3 Å². The Kier molecular flexibility index (Phi) is 5.61. The van der Waals surface area contributed by atoms with E-state index in [1.807, 2.05) is 38.1 Å². The van der Waals surface area contributed by atoms with Crippen LogP contribution in [-0.4, -0.2) is 35.7 Å². The molecule has 5 heteroatoms. The first kappa shape index (κ1) is 14.5. The number of urea groups is 1. The van der Waals surface area contributed by atoms with Crippen LogP contribution in [0.3, 0.4) is 0 Å². The molecule has 1 aromatic carbocycles. The van der Waals surface area contributed by atoms with Crippen LogP contribution in [0.1, 0.15) is 25.5 Å². The molecule has 0 radical (unpaired) electrons. The fraction of sp³-hybridized carbons (Fsp3) is 0.462. The van der Waals surface area contributed by atoms with Crippen molar-refractivity contribution >= 4 is 11.7 Å². The van der Waals surface area contributed by atoms with E-state index >= 15 is 0 Å².